The lowest BCUT2D eigenvalue weighted by atomic mass is 10.1. The summed E-state index contributed by atoms with van der Waals surface area (Å²) in [5, 5.41) is 3.17. The summed E-state index contributed by atoms with van der Waals surface area (Å²) in [6, 6.07) is 22.7. The van der Waals surface area contributed by atoms with E-state index in [1.807, 2.05) is 24.3 Å². The molecule has 11 nitrogen and oxygen atoms in total. The van der Waals surface area contributed by atoms with Crippen molar-refractivity contribution in [3.8, 4) is 28.3 Å². The summed E-state index contributed by atoms with van der Waals surface area (Å²) in [5.74, 6) is 0.857. The van der Waals surface area contributed by atoms with E-state index in [9.17, 15) is 4.79 Å². The lowest BCUT2D eigenvalue weighted by molar-refractivity contribution is 0.0930. The van der Waals surface area contributed by atoms with Crippen LogP contribution in [0.2, 0.25) is 0 Å². The van der Waals surface area contributed by atoms with Gasteiger partial charge in [0, 0.05) is 61.7 Å². The number of nitrogens with zero attached hydrogens (tertiary/aromatic N) is 8. The number of carbonyl (C=O) groups excluding carboxylic acids is 1. The number of aromatic nitrogens is 6. The van der Waals surface area contributed by atoms with Gasteiger partial charge in [0.25, 0.3) is 5.91 Å². The Morgan fingerprint density at radius 3 is 2.56 bits per heavy atom. The van der Waals surface area contributed by atoms with E-state index in [1.54, 1.807) is 25.5 Å². The lowest BCUT2D eigenvalue weighted by Gasteiger charge is -2.34. The van der Waals surface area contributed by atoms with Gasteiger partial charge >= 0.3 is 0 Å². The number of hydrogen-bond acceptors (Lipinski definition) is 9. The van der Waals surface area contributed by atoms with Gasteiger partial charge in [-0.3, -0.25) is 14.3 Å². The smallest absolute Gasteiger partial charge is 0.272 e. The van der Waals surface area contributed by atoms with E-state index in [-0.39, 0.29) is 11.9 Å². The van der Waals surface area contributed by atoms with Crippen molar-refractivity contribution < 1.29 is 4.79 Å². The molecular formula is C37H36N10O. The molecule has 1 aliphatic heterocycles. The van der Waals surface area contributed by atoms with Gasteiger partial charge in [0.15, 0.2) is 11.5 Å². The molecule has 0 radical (unpaired) electrons. The predicted octanol–water partition coefficient (Wildman–Crippen LogP) is 5.00. The SMILES string of the molecule is Cc1nccnc1C(=O)N[C@H]1CCc2cc(-n3c(-c4cccnc4N)nc4ccc(-c5cccc(N6CCN(C)CC6)c5)nc43)ccc21. The molecule has 2 aliphatic rings. The fourth-order valence-corrected chi connectivity index (χ4v) is 6.83. The number of nitrogen functional groups attached to an aromatic ring is 1. The van der Waals surface area contributed by atoms with Gasteiger partial charge in [0.1, 0.15) is 17.0 Å². The molecule has 48 heavy (non-hydrogen) atoms. The Kier molecular flexibility index (Phi) is 7.53. The van der Waals surface area contributed by atoms with Crippen molar-refractivity contribution in [2.75, 3.05) is 43.9 Å². The maximum atomic E-state index is 13.1. The zero-order valence-corrected chi connectivity index (χ0v) is 27.0. The van der Waals surface area contributed by atoms with Gasteiger partial charge in [0.05, 0.1) is 23.0 Å². The third-order valence-corrected chi connectivity index (χ3v) is 9.46. The molecule has 6 aromatic rings. The number of benzene rings is 2. The second kappa shape index (κ2) is 12.2. The van der Waals surface area contributed by atoms with Crippen LogP contribution in [-0.2, 0) is 6.42 Å². The number of nitrogens with one attached hydrogen (secondary N) is 1. The van der Waals surface area contributed by atoms with Crippen LogP contribution in [0.5, 0.6) is 0 Å². The number of imidazole rings is 1. The van der Waals surface area contributed by atoms with E-state index in [0.29, 0.717) is 23.0 Å². The molecule has 1 saturated heterocycles. The Balaban J connectivity index is 1.19. The van der Waals surface area contributed by atoms with Crippen LogP contribution < -0.4 is 16.0 Å². The molecule has 1 aliphatic carbocycles. The van der Waals surface area contributed by atoms with E-state index in [0.717, 1.165) is 83.8 Å². The summed E-state index contributed by atoms with van der Waals surface area (Å²) in [7, 11) is 2.17. The molecule has 4 aromatic heterocycles. The summed E-state index contributed by atoms with van der Waals surface area (Å²) in [5.41, 5.74) is 15.9. The van der Waals surface area contributed by atoms with Crippen LogP contribution in [0.3, 0.4) is 0 Å². The van der Waals surface area contributed by atoms with E-state index < -0.39 is 0 Å². The molecule has 240 valence electrons. The van der Waals surface area contributed by atoms with E-state index in [4.69, 9.17) is 15.7 Å². The van der Waals surface area contributed by atoms with E-state index >= 15 is 0 Å². The van der Waals surface area contributed by atoms with Gasteiger partial charge in [-0.2, -0.15) is 0 Å². The summed E-state index contributed by atoms with van der Waals surface area (Å²) in [6.07, 6.45) is 6.44. The number of rotatable bonds is 6. The van der Waals surface area contributed by atoms with E-state index in [2.05, 4.69) is 84.1 Å². The number of pyridine rings is 2. The first-order chi connectivity index (χ1) is 23.4. The Morgan fingerprint density at radius 1 is 0.875 bits per heavy atom. The largest absolute Gasteiger partial charge is 0.383 e. The van der Waals surface area contributed by atoms with Crippen LogP contribution in [0.15, 0.2) is 85.3 Å². The predicted molar refractivity (Wildman–Crippen MR) is 187 cm³/mol. The van der Waals surface area contributed by atoms with Crippen LogP contribution in [-0.4, -0.2) is 73.5 Å². The quantitative estimate of drug-likeness (QED) is 0.259. The fraction of sp³-hybridized carbons (Fsp3) is 0.243. The minimum atomic E-state index is -0.217. The number of piperazine rings is 1. The molecule has 1 fully saturated rings. The van der Waals surface area contributed by atoms with Crippen molar-refractivity contribution in [2.24, 2.45) is 0 Å². The van der Waals surface area contributed by atoms with Gasteiger partial charge in [0.2, 0.25) is 0 Å². The number of anilines is 2. The van der Waals surface area contributed by atoms with Gasteiger partial charge in [-0.1, -0.05) is 18.2 Å². The van der Waals surface area contributed by atoms with Crippen LogP contribution >= 0.6 is 0 Å². The number of likely N-dealkylation sites (N-methyl/N-ethyl adjacent to an activating group) is 1. The zero-order chi connectivity index (χ0) is 32.8. The molecule has 0 bridgehead atoms. The Labute approximate surface area is 278 Å². The number of fused-ring (bicyclic) bond motifs is 2. The highest BCUT2D eigenvalue weighted by atomic mass is 16.2. The maximum Gasteiger partial charge on any atom is 0.272 e. The third-order valence-electron chi connectivity index (χ3n) is 9.46. The van der Waals surface area contributed by atoms with Crippen LogP contribution in [0, 0.1) is 6.92 Å². The van der Waals surface area contributed by atoms with Crippen LogP contribution in [0.25, 0.3) is 39.5 Å². The number of carbonyl (C=O) groups is 1. The van der Waals surface area contributed by atoms with E-state index in [1.165, 1.54) is 5.69 Å². The summed E-state index contributed by atoms with van der Waals surface area (Å²) >= 11 is 0. The average Bonchev–Trinajstić information content (AvgIpc) is 3.69. The highest BCUT2D eigenvalue weighted by Crippen LogP contribution is 2.36. The second-order valence-electron chi connectivity index (χ2n) is 12.5. The second-order valence-corrected chi connectivity index (χ2v) is 12.5. The summed E-state index contributed by atoms with van der Waals surface area (Å²) < 4.78 is 2.08. The summed E-state index contributed by atoms with van der Waals surface area (Å²) in [4.78, 5) is 41.0. The molecule has 0 unspecified atom stereocenters. The average molecular weight is 637 g/mol. The van der Waals surface area contributed by atoms with Crippen LogP contribution in [0.4, 0.5) is 11.5 Å². The van der Waals surface area contributed by atoms with Crippen molar-refractivity contribution in [2.45, 2.75) is 25.8 Å². The van der Waals surface area contributed by atoms with Crippen molar-refractivity contribution in [1.82, 2.24) is 39.7 Å². The van der Waals surface area contributed by atoms with Crippen molar-refractivity contribution in [3.05, 3.63) is 108 Å². The zero-order valence-electron chi connectivity index (χ0n) is 27.0. The number of amides is 1. The van der Waals surface area contributed by atoms with Crippen molar-refractivity contribution in [1.29, 1.82) is 0 Å². The summed E-state index contributed by atoms with van der Waals surface area (Å²) in [6.45, 7) is 5.88. The van der Waals surface area contributed by atoms with Gasteiger partial charge < -0.3 is 20.9 Å². The first kappa shape index (κ1) is 29.7. The lowest BCUT2D eigenvalue weighted by Crippen LogP contribution is -2.44. The number of hydrogen-bond donors (Lipinski definition) is 2. The van der Waals surface area contributed by atoms with Crippen LogP contribution in [0.1, 0.15) is 39.8 Å². The van der Waals surface area contributed by atoms with Crippen molar-refractivity contribution in [3.63, 3.8) is 0 Å². The molecule has 0 spiro atoms. The highest BCUT2D eigenvalue weighted by Gasteiger charge is 2.27. The normalized spacial score (nSPS) is 16.3. The molecule has 0 saturated carbocycles. The Bertz CT molecular complexity index is 2170. The first-order valence-electron chi connectivity index (χ1n) is 16.3. The molecular weight excluding hydrogens is 600 g/mol. The minimum Gasteiger partial charge on any atom is -0.383 e. The molecule has 2 aromatic carbocycles. The minimum absolute atomic E-state index is 0.117. The molecule has 1 atom stereocenters. The number of aryl methyl sites for hydroxylation is 2. The molecule has 11 heteroatoms. The molecule has 5 heterocycles. The van der Waals surface area contributed by atoms with Gasteiger partial charge in [-0.05, 0) is 86.5 Å². The molecule has 3 N–H and O–H groups in total. The monoisotopic (exact) mass is 636 g/mol. The first-order valence-corrected chi connectivity index (χ1v) is 16.3. The van der Waals surface area contributed by atoms with Gasteiger partial charge in [-0.15, -0.1) is 0 Å². The van der Waals surface area contributed by atoms with Gasteiger partial charge in [-0.25, -0.2) is 19.9 Å². The Morgan fingerprint density at radius 2 is 1.73 bits per heavy atom. The number of nitrogens with two attached hydrogens (primary N) is 1. The standard InChI is InChI=1S/C37H36N10O/c1-23-33(40-16-15-39-23)37(48)44-31-11-8-24-21-27(9-10-28(24)31)47-35(29-7-4-14-41-34(29)38)43-32-13-12-30(42-36(32)47)25-5-3-6-26(22-25)46-19-17-45(2)18-20-46/h3-7,9-10,12-16,21-22,31H,8,11,17-20H2,1-2H3,(H2,38,41)(H,44,48)/t31-/m0/s1. The maximum absolute atomic E-state index is 13.1. The fourth-order valence-electron chi connectivity index (χ4n) is 6.83. The topological polar surface area (TPSA) is 131 Å². The highest BCUT2D eigenvalue weighted by molar-refractivity contribution is 5.93. The van der Waals surface area contributed by atoms with Crippen molar-refractivity contribution >= 4 is 28.6 Å². The molecule has 1 amide bonds. The Hall–Kier alpha value is -5.68. The molecule has 8 rings (SSSR count). The third kappa shape index (κ3) is 5.41.